The molecule has 8 heteroatoms. The third kappa shape index (κ3) is 2.62. The summed E-state index contributed by atoms with van der Waals surface area (Å²) < 4.78 is 36.5. The Balaban J connectivity index is 3.30. The van der Waals surface area contributed by atoms with Crippen LogP contribution in [0.3, 0.4) is 0 Å². The maximum atomic E-state index is 12.2. The van der Waals surface area contributed by atoms with Gasteiger partial charge in [-0.05, 0) is 0 Å². The average Bonchev–Trinajstić information content (AvgIpc) is 2.15. The van der Waals surface area contributed by atoms with Gasteiger partial charge in [0.25, 0.3) is 5.69 Å². The molecule has 0 aromatic carbocycles. The van der Waals surface area contributed by atoms with E-state index >= 15 is 0 Å². The van der Waals surface area contributed by atoms with Gasteiger partial charge in [0.2, 0.25) is 0 Å². The van der Waals surface area contributed by atoms with Crippen LogP contribution >= 0.6 is 0 Å². The van der Waals surface area contributed by atoms with Crippen molar-refractivity contribution in [3.8, 4) is 0 Å². The van der Waals surface area contributed by atoms with Gasteiger partial charge in [-0.3, -0.25) is 10.1 Å². The number of aromatic nitrogens is 1. The molecule has 0 aliphatic carbocycles. The second-order valence-electron chi connectivity index (χ2n) is 2.61. The Bertz CT molecular complexity index is 392. The molecule has 0 fully saturated rings. The van der Waals surface area contributed by atoms with Gasteiger partial charge in [-0.2, -0.15) is 13.2 Å². The summed E-state index contributed by atoms with van der Waals surface area (Å²) in [6, 6.07) is 1.11. The van der Waals surface area contributed by atoms with Crippen LogP contribution in [0.2, 0.25) is 0 Å². The van der Waals surface area contributed by atoms with E-state index in [0.717, 1.165) is 6.07 Å². The lowest BCUT2D eigenvalue weighted by Crippen LogP contribution is -2.10. The molecular formula is C7H5F3N2O3. The Morgan fingerprint density at radius 3 is 2.47 bits per heavy atom. The predicted octanol–water partition coefficient (Wildman–Crippen LogP) is 1.50. The number of rotatable bonds is 2. The van der Waals surface area contributed by atoms with Crippen LogP contribution in [0.5, 0.6) is 0 Å². The van der Waals surface area contributed by atoms with Crippen LogP contribution in [0, 0.1) is 10.1 Å². The van der Waals surface area contributed by atoms with Gasteiger partial charge in [0, 0.05) is 12.1 Å². The highest BCUT2D eigenvalue weighted by atomic mass is 19.4. The number of nitro groups is 1. The van der Waals surface area contributed by atoms with E-state index in [0.29, 0.717) is 6.07 Å². The summed E-state index contributed by atoms with van der Waals surface area (Å²) >= 11 is 0. The highest BCUT2D eigenvalue weighted by Crippen LogP contribution is 2.30. The molecule has 0 saturated heterocycles. The lowest BCUT2D eigenvalue weighted by molar-refractivity contribution is -0.385. The average molecular weight is 222 g/mol. The van der Waals surface area contributed by atoms with Gasteiger partial charge in [0.1, 0.15) is 0 Å². The fraction of sp³-hybridized carbons (Fsp3) is 0.286. The van der Waals surface area contributed by atoms with Crippen molar-refractivity contribution in [2.24, 2.45) is 0 Å². The van der Waals surface area contributed by atoms with Crippen molar-refractivity contribution < 1.29 is 23.2 Å². The number of pyridine rings is 1. The molecule has 82 valence electrons. The Kier molecular flexibility index (Phi) is 2.89. The molecule has 1 aromatic rings. The summed E-state index contributed by atoms with van der Waals surface area (Å²) in [5.74, 6) is 0. The van der Waals surface area contributed by atoms with Gasteiger partial charge in [0.15, 0.2) is 5.69 Å². The zero-order valence-electron chi connectivity index (χ0n) is 7.15. The van der Waals surface area contributed by atoms with Crippen LogP contribution in [0.4, 0.5) is 18.9 Å². The summed E-state index contributed by atoms with van der Waals surface area (Å²) in [4.78, 5) is 12.3. The fourth-order valence-corrected chi connectivity index (χ4v) is 0.903. The number of halogens is 3. The first kappa shape index (κ1) is 11.4. The van der Waals surface area contributed by atoms with Gasteiger partial charge < -0.3 is 5.11 Å². The van der Waals surface area contributed by atoms with E-state index in [1.54, 1.807) is 0 Å². The lowest BCUT2D eigenvalue weighted by Gasteiger charge is -2.06. The summed E-state index contributed by atoms with van der Waals surface area (Å²) in [6.45, 7) is -0.787. The topological polar surface area (TPSA) is 76.3 Å². The normalized spacial score (nSPS) is 11.5. The molecule has 0 amide bonds. The first-order valence-electron chi connectivity index (χ1n) is 3.68. The largest absolute Gasteiger partial charge is 0.433 e. The highest BCUT2D eigenvalue weighted by molar-refractivity contribution is 5.34. The molecule has 0 aliphatic rings. The predicted molar refractivity (Wildman–Crippen MR) is 41.8 cm³/mol. The summed E-state index contributed by atoms with van der Waals surface area (Å²) in [6.07, 6.45) is -4.77. The first-order chi connectivity index (χ1) is 6.84. The maximum Gasteiger partial charge on any atom is 0.433 e. The van der Waals surface area contributed by atoms with Crippen LogP contribution in [-0.2, 0) is 12.8 Å². The second-order valence-corrected chi connectivity index (χ2v) is 2.61. The minimum absolute atomic E-state index is 0.319. The minimum atomic E-state index is -4.77. The van der Waals surface area contributed by atoms with E-state index in [9.17, 15) is 23.3 Å². The van der Waals surface area contributed by atoms with Gasteiger partial charge in [0.05, 0.1) is 17.2 Å². The molecule has 1 N–H and O–H groups in total. The van der Waals surface area contributed by atoms with Crippen LogP contribution in [0.1, 0.15) is 11.4 Å². The van der Waals surface area contributed by atoms with Crippen LogP contribution < -0.4 is 0 Å². The Hall–Kier alpha value is -1.70. The molecule has 1 rings (SSSR count). The Labute approximate surface area is 81.3 Å². The van der Waals surface area contributed by atoms with E-state index < -0.39 is 34.8 Å². The van der Waals surface area contributed by atoms with Crippen molar-refractivity contribution in [2.45, 2.75) is 12.8 Å². The monoisotopic (exact) mass is 222 g/mol. The van der Waals surface area contributed by atoms with Gasteiger partial charge in [-0.25, -0.2) is 4.98 Å². The standard InChI is InChI=1S/C7H5F3N2O3/c8-7(9,10)6-2-5(12(14)15)1-4(3-13)11-6/h1-2,13H,3H2. The van der Waals surface area contributed by atoms with E-state index in [1.807, 2.05) is 0 Å². The van der Waals surface area contributed by atoms with Crippen LogP contribution in [-0.4, -0.2) is 15.0 Å². The molecule has 1 aromatic heterocycles. The minimum Gasteiger partial charge on any atom is -0.390 e. The molecular weight excluding hydrogens is 217 g/mol. The van der Waals surface area contributed by atoms with Crippen molar-refractivity contribution in [3.63, 3.8) is 0 Å². The zero-order valence-corrected chi connectivity index (χ0v) is 7.15. The van der Waals surface area contributed by atoms with Crippen molar-refractivity contribution in [1.29, 1.82) is 0 Å². The molecule has 1 heterocycles. The van der Waals surface area contributed by atoms with Gasteiger partial charge in [-0.15, -0.1) is 0 Å². The maximum absolute atomic E-state index is 12.2. The van der Waals surface area contributed by atoms with Crippen molar-refractivity contribution >= 4 is 5.69 Å². The molecule has 0 atom stereocenters. The first-order valence-corrected chi connectivity index (χ1v) is 3.68. The molecule has 0 radical (unpaired) electrons. The quantitative estimate of drug-likeness (QED) is 0.607. The Morgan fingerprint density at radius 1 is 1.47 bits per heavy atom. The SMILES string of the molecule is O=[N+]([O-])c1cc(CO)nc(C(F)(F)F)c1. The smallest absolute Gasteiger partial charge is 0.390 e. The zero-order chi connectivity index (χ0) is 11.6. The number of aliphatic hydroxyl groups is 1. The summed E-state index contributed by atoms with van der Waals surface area (Å²) in [5.41, 5.74) is -2.53. The van der Waals surface area contributed by atoms with Crippen LogP contribution in [0.25, 0.3) is 0 Å². The third-order valence-electron chi connectivity index (χ3n) is 1.53. The van der Waals surface area contributed by atoms with Crippen molar-refractivity contribution in [2.75, 3.05) is 0 Å². The molecule has 0 aliphatic heterocycles. The molecule has 0 spiro atoms. The van der Waals surface area contributed by atoms with E-state index in [4.69, 9.17) is 5.11 Å². The van der Waals surface area contributed by atoms with Crippen molar-refractivity contribution in [1.82, 2.24) is 4.98 Å². The molecule has 0 bridgehead atoms. The van der Waals surface area contributed by atoms with Gasteiger partial charge >= 0.3 is 6.18 Å². The van der Waals surface area contributed by atoms with Crippen molar-refractivity contribution in [3.05, 3.63) is 33.6 Å². The number of nitrogens with zero attached hydrogens (tertiary/aromatic N) is 2. The Morgan fingerprint density at radius 2 is 2.07 bits per heavy atom. The summed E-state index contributed by atoms with van der Waals surface area (Å²) in [5, 5.41) is 18.9. The second kappa shape index (κ2) is 3.81. The number of aliphatic hydroxyl groups excluding tert-OH is 1. The fourth-order valence-electron chi connectivity index (χ4n) is 0.903. The highest BCUT2D eigenvalue weighted by Gasteiger charge is 2.34. The third-order valence-corrected chi connectivity index (χ3v) is 1.53. The van der Waals surface area contributed by atoms with E-state index in [2.05, 4.69) is 4.98 Å². The van der Waals surface area contributed by atoms with Crippen LogP contribution in [0.15, 0.2) is 12.1 Å². The van der Waals surface area contributed by atoms with E-state index in [-0.39, 0.29) is 0 Å². The molecule has 0 unspecified atom stereocenters. The van der Waals surface area contributed by atoms with E-state index in [1.165, 1.54) is 0 Å². The summed E-state index contributed by atoms with van der Waals surface area (Å²) in [7, 11) is 0. The lowest BCUT2D eigenvalue weighted by atomic mass is 10.2. The number of hydrogen-bond acceptors (Lipinski definition) is 4. The molecule has 0 saturated carbocycles. The molecule has 5 nitrogen and oxygen atoms in total. The number of hydrogen-bond donors (Lipinski definition) is 1. The van der Waals surface area contributed by atoms with Gasteiger partial charge in [-0.1, -0.05) is 0 Å². The molecule has 15 heavy (non-hydrogen) atoms. The number of alkyl halides is 3.